The van der Waals surface area contributed by atoms with Crippen molar-refractivity contribution in [2.24, 2.45) is 0 Å². The molecule has 0 aliphatic heterocycles. The Balaban J connectivity index is 2.26. The van der Waals surface area contributed by atoms with Crippen molar-refractivity contribution in [3.63, 3.8) is 0 Å². The molecule has 0 aromatic heterocycles. The highest BCUT2D eigenvalue weighted by Gasteiger charge is 2.11. The summed E-state index contributed by atoms with van der Waals surface area (Å²) >= 11 is 0. The SMILES string of the molecule is COc1cccc(/C=C(\C#N)C(=O)Nc2cc(C)ccc2C)c1. The number of anilines is 1. The van der Waals surface area contributed by atoms with Gasteiger partial charge in [0.05, 0.1) is 7.11 Å². The lowest BCUT2D eigenvalue weighted by Gasteiger charge is -2.09. The normalized spacial score (nSPS) is 10.8. The summed E-state index contributed by atoms with van der Waals surface area (Å²) in [5, 5.41) is 12.1. The van der Waals surface area contributed by atoms with Crippen LogP contribution in [0.15, 0.2) is 48.0 Å². The highest BCUT2D eigenvalue weighted by molar-refractivity contribution is 6.10. The lowest BCUT2D eigenvalue weighted by atomic mass is 10.1. The van der Waals surface area contributed by atoms with Crippen molar-refractivity contribution in [3.05, 3.63) is 64.7 Å². The minimum absolute atomic E-state index is 0.0409. The number of ether oxygens (including phenoxy) is 1. The minimum atomic E-state index is -0.427. The molecule has 0 heterocycles. The first kappa shape index (κ1) is 16.3. The lowest BCUT2D eigenvalue weighted by molar-refractivity contribution is -0.112. The van der Waals surface area contributed by atoms with Crippen LogP contribution in [0.4, 0.5) is 5.69 Å². The number of amides is 1. The zero-order valence-corrected chi connectivity index (χ0v) is 13.4. The summed E-state index contributed by atoms with van der Waals surface area (Å²) in [6.45, 7) is 3.86. The number of methoxy groups -OCH3 is 1. The molecule has 0 fully saturated rings. The number of rotatable bonds is 4. The van der Waals surface area contributed by atoms with Gasteiger partial charge in [-0.15, -0.1) is 0 Å². The Morgan fingerprint density at radius 1 is 1.22 bits per heavy atom. The van der Waals surface area contributed by atoms with Gasteiger partial charge in [-0.3, -0.25) is 4.79 Å². The number of nitriles is 1. The number of nitrogens with one attached hydrogen (secondary N) is 1. The molecule has 0 radical (unpaired) electrons. The maximum Gasteiger partial charge on any atom is 0.266 e. The number of carbonyl (C=O) groups is 1. The maximum atomic E-state index is 12.3. The predicted octanol–water partition coefficient (Wildman–Crippen LogP) is 3.86. The Labute approximate surface area is 136 Å². The highest BCUT2D eigenvalue weighted by atomic mass is 16.5. The summed E-state index contributed by atoms with van der Waals surface area (Å²) in [6.07, 6.45) is 1.54. The van der Waals surface area contributed by atoms with E-state index in [4.69, 9.17) is 4.74 Å². The topological polar surface area (TPSA) is 62.1 Å². The Hall–Kier alpha value is -3.06. The van der Waals surface area contributed by atoms with Crippen LogP contribution in [0.1, 0.15) is 16.7 Å². The Bertz CT molecular complexity index is 801. The number of hydrogen-bond acceptors (Lipinski definition) is 3. The van der Waals surface area contributed by atoms with Crippen molar-refractivity contribution < 1.29 is 9.53 Å². The molecule has 4 heteroatoms. The zero-order chi connectivity index (χ0) is 16.8. The summed E-state index contributed by atoms with van der Waals surface area (Å²) in [6, 6.07) is 14.9. The van der Waals surface area contributed by atoms with Crippen LogP contribution < -0.4 is 10.1 Å². The van der Waals surface area contributed by atoms with E-state index in [1.54, 1.807) is 25.3 Å². The molecule has 23 heavy (non-hydrogen) atoms. The van der Waals surface area contributed by atoms with Crippen molar-refractivity contribution in [2.45, 2.75) is 13.8 Å². The van der Waals surface area contributed by atoms with Crippen LogP contribution in [0.3, 0.4) is 0 Å². The van der Waals surface area contributed by atoms with Crippen molar-refractivity contribution in [1.82, 2.24) is 0 Å². The van der Waals surface area contributed by atoms with E-state index in [9.17, 15) is 10.1 Å². The quantitative estimate of drug-likeness (QED) is 0.689. The minimum Gasteiger partial charge on any atom is -0.497 e. The summed E-state index contributed by atoms with van der Waals surface area (Å²) in [7, 11) is 1.57. The third-order valence-corrected chi connectivity index (χ3v) is 3.41. The van der Waals surface area contributed by atoms with Gasteiger partial charge in [0, 0.05) is 5.69 Å². The summed E-state index contributed by atoms with van der Waals surface area (Å²) in [4.78, 5) is 12.3. The molecule has 0 saturated heterocycles. The van der Waals surface area contributed by atoms with E-state index in [2.05, 4.69) is 5.32 Å². The van der Waals surface area contributed by atoms with Crippen LogP contribution in [0.25, 0.3) is 6.08 Å². The van der Waals surface area contributed by atoms with Crippen molar-refractivity contribution in [2.75, 3.05) is 12.4 Å². The molecular weight excluding hydrogens is 288 g/mol. The average Bonchev–Trinajstić information content (AvgIpc) is 2.56. The molecule has 1 N–H and O–H groups in total. The number of aryl methyl sites for hydroxylation is 2. The number of carbonyl (C=O) groups excluding carboxylic acids is 1. The van der Waals surface area contributed by atoms with Crippen molar-refractivity contribution in [3.8, 4) is 11.8 Å². The smallest absolute Gasteiger partial charge is 0.266 e. The van der Waals surface area contributed by atoms with Crippen LogP contribution in [-0.4, -0.2) is 13.0 Å². The van der Waals surface area contributed by atoms with Gasteiger partial charge in [0.2, 0.25) is 0 Å². The average molecular weight is 306 g/mol. The number of nitrogens with zero attached hydrogens (tertiary/aromatic N) is 1. The van der Waals surface area contributed by atoms with Crippen LogP contribution in [-0.2, 0) is 4.79 Å². The van der Waals surface area contributed by atoms with Gasteiger partial charge in [0.25, 0.3) is 5.91 Å². The maximum absolute atomic E-state index is 12.3. The van der Waals surface area contributed by atoms with Crippen LogP contribution >= 0.6 is 0 Å². The second-order valence-corrected chi connectivity index (χ2v) is 5.22. The van der Waals surface area contributed by atoms with Gasteiger partial charge in [-0.05, 0) is 54.8 Å². The van der Waals surface area contributed by atoms with E-state index in [0.717, 1.165) is 16.7 Å². The largest absolute Gasteiger partial charge is 0.497 e. The summed E-state index contributed by atoms with van der Waals surface area (Å²) < 4.78 is 5.14. The fourth-order valence-corrected chi connectivity index (χ4v) is 2.11. The van der Waals surface area contributed by atoms with Crippen LogP contribution in [0.2, 0.25) is 0 Å². The van der Waals surface area contributed by atoms with E-state index in [1.807, 2.05) is 50.2 Å². The standard InChI is InChI=1S/C19H18N2O2/c1-13-7-8-14(2)18(9-13)21-19(22)16(12-20)10-15-5-4-6-17(11-15)23-3/h4-11H,1-3H3,(H,21,22)/b16-10+. The number of hydrogen-bond donors (Lipinski definition) is 1. The van der Waals surface area contributed by atoms with Gasteiger partial charge in [-0.2, -0.15) is 5.26 Å². The number of benzene rings is 2. The molecule has 0 spiro atoms. The van der Waals surface area contributed by atoms with Gasteiger partial charge in [0.1, 0.15) is 17.4 Å². The molecule has 0 bridgehead atoms. The molecule has 1 amide bonds. The summed E-state index contributed by atoms with van der Waals surface area (Å²) in [5.41, 5.74) is 3.47. The molecule has 0 aliphatic rings. The van der Waals surface area contributed by atoms with Crippen molar-refractivity contribution in [1.29, 1.82) is 5.26 Å². The van der Waals surface area contributed by atoms with E-state index in [0.29, 0.717) is 11.4 Å². The molecule has 0 unspecified atom stereocenters. The molecule has 2 rings (SSSR count). The fraction of sp³-hybridized carbons (Fsp3) is 0.158. The molecule has 2 aromatic rings. The van der Waals surface area contributed by atoms with Gasteiger partial charge in [0.15, 0.2) is 0 Å². The molecule has 0 saturated carbocycles. The van der Waals surface area contributed by atoms with E-state index in [1.165, 1.54) is 0 Å². The molecule has 2 aromatic carbocycles. The first-order valence-electron chi connectivity index (χ1n) is 7.18. The first-order valence-corrected chi connectivity index (χ1v) is 7.18. The van der Waals surface area contributed by atoms with Crippen molar-refractivity contribution >= 4 is 17.7 Å². The monoisotopic (exact) mass is 306 g/mol. The third kappa shape index (κ3) is 4.21. The first-order chi connectivity index (χ1) is 11.0. The zero-order valence-electron chi connectivity index (χ0n) is 13.4. The Morgan fingerprint density at radius 2 is 2.00 bits per heavy atom. The second kappa shape index (κ2) is 7.28. The molecule has 116 valence electrons. The van der Waals surface area contributed by atoms with E-state index < -0.39 is 5.91 Å². The Kier molecular flexibility index (Phi) is 5.16. The summed E-state index contributed by atoms with van der Waals surface area (Å²) in [5.74, 6) is 0.245. The fourth-order valence-electron chi connectivity index (χ4n) is 2.11. The third-order valence-electron chi connectivity index (χ3n) is 3.41. The molecular formula is C19H18N2O2. The van der Waals surface area contributed by atoms with E-state index in [-0.39, 0.29) is 5.57 Å². The van der Waals surface area contributed by atoms with Gasteiger partial charge >= 0.3 is 0 Å². The lowest BCUT2D eigenvalue weighted by Crippen LogP contribution is -2.14. The van der Waals surface area contributed by atoms with Gasteiger partial charge in [-0.1, -0.05) is 24.3 Å². The molecule has 0 aliphatic carbocycles. The van der Waals surface area contributed by atoms with E-state index >= 15 is 0 Å². The van der Waals surface area contributed by atoms with Gasteiger partial charge < -0.3 is 10.1 Å². The Morgan fingerprint density at radius 3 is 2.70 bits per heavy atom. The molecule has 0 atom stereocenters. The van der Waals surface area contributed by atoms with Crippen LogP contribution in [0, 0.1) is 25.2 Å². The predicted molar refractivity (Wildman–Crippen MR) is 91.1 cm³/mol. The molecule has 4 nitrogen and oxygen atoms in total. The van der Waals surface area contributed by atoms with Gasteiger partial charge in [-0.25, -0.2) is 0 Å². The van der Waals surface area contributed by atoms with Crippen LogP contribution in [0.5, 0.6) is 5.75 Å². The second-order valence-electron chi connectivity index (χ2n) is 5.22. The highest BCUT2D eigenvalue weighted by Crippen LogP contribution is 2.19.